The molecule has 0 spiro atoms. The van der Waals surface area contributed by atoms with Gasteiger partial charge in [0, 0.05) is 11.9 Å². The number of benzene rings is 1. The molecule has 0 saturated heterocycles. The zero-order valence-electron chi connectivity index (χ0n) is 11.9. The number of nitrogens with one attached hydrogen (secondary N) is 1. The summed E-state index contributed by atoms with van der Waals surface area (Å²) in [4.78, 5) is 3.83. The Morgan fingerprint density at radius 3 is 2.52 bits per heavy atom. The van der Waals surface area contributed by atoms with Gasteiger partial charge in [-0.15, -0.1) is 0 Å². The molecule has 1 aromatic carbocycles. The van der Waals surface area contributed by atoms with Crippen LogP contribution >= 0.6 is 0 Å². The van der Waals surface area contributed by atoms with Crippen molar-refractivity contribution in [1.29, 1.82) is 0 Å². The maximum atomic E-state index is 12.2. The van der Waals surface area contributed by atoms with E-state index in [-0.39, 0.29) is 10.7 Å². The molecule has 0 atom stereocenters. The van der Waals surface area contributed by atoms with E-state index in [9.17, 15) is 8.42 Å². The molecule has 3 N–H and O–H groups in total. The molecule has 2 aromatic rings. The molecule has 0 aliphatic carbocycles. The molecule has 0 aliphatic rings. The zero-order valence-corrected chi connectivity index (χ0v) is 12.7. The van der Waals surface area contributed by atoms with Crippen molar-refractivity contribution in [3.63, 3.8) is 0 Å². The van der Waals surface area contributed by atoms with E-state index in [1.165, 1.54) is 17.8 Å². The standard InChI is InChI=1S/C15H19N3O2S/c1-2-3-5-12-7-9-13(10-8-12)18-21(19,20)15-14(16)6-4-11-17-15/h4,6-11,18H,2-3,5,16H2,1H3. The van der Waals surface area contributed by atoms with Crippen molar-refractivity contribution in [3.8, 4) is 0 Å². The van der Waals surface area contributed by atoms with Gasteiger partial charge in [-0.3, -0.25) is 4.72 Å². The second-order valence-corrected chi connectivity index (χ2v) is 6.40. The lowest BCUT2D eigenvalue weighted by Gasteiger charge is -2.09. The molecule has 0 unspecified atom stereocenters. The Hall–Kier alpha value is -2.08. The van der Waals surface area contributed by atoms with Crippen LogP contribution in [-0.4, -0.2) is 13.4 Å². The van der Waals surface area contributed by atoms with E-state index in [2.05, 4.69) is 16.6 Å². The smallest absolute Gasteiger partial charge is 0.281 e. The highest BCUT2D eigenvalue weighted by Gasteiger charge is 2.18. The van der Waals surface area contributed by atoms with Gasteiger partial charge < -0.3 is 5.73 Å². The Labute approximate surface area is 125 Å². The molecule has 2 rings (SSSR count). The fraction of sp³-hybridized carbons (Fsp3) is 0.267. The zero-order chi connectivity index (χ0) is 15.3. The summed E-state index contributed by atoms with van der Waals surface area (Å²) in [5.74, 6) is 0. The van der Waals surface area contributed by atoms with Crippen LogP contribution in [0.3, 0.4) is 0 Å². The summed E-state index contributed by atoms with van der Waals surface area (Å²) in [7, 11) is -3.76. The third-order valence-electron chi connectivity index (χ3n) is 3.08. The van der Waals surface area contributed by atoms with E-state index < -0.39 is 10.0 Å². The van der Waals surface area contributed by atoms with Gasteiger partial charge in [-0.2, -0.15) is 8.42 Å². The SMILES string of the molecule is CCCCc1ccc(NS(=O)(=O)c2ncccc2N)cc1. The highest BCUT2D eigenvalue weighted by Crippen LogP contribution is 2.19. The molecule has 112 valence electrons. The molecule has 0 bridgehead atoms. The monoisotopic (exact) mass is 305 g/mol. The quantitative estimate of drug-likeness (QED) is 0.859. The van der Waals surface area contributed by atoms with Crippen LogP contribution in [0.1, 0.15) is 25.3 Å². The van der Waals surface area contributed by atoms with Gasteiger partial charge >= 0.3 is 0 Å². The molecular weight excluding hydrogens is 286 g/mol. The predicted octanol–water partition coefficient (Wildman–Crippen LogP) is 2.81. The van der Waals surface area contributed by atoms with E-state index in [4.69, 9.17) is 5.73 Å². The third-order valence-corrected chi connectivity index (χ3v) is 4.43. The summed E-state index contributed by atoms with van der Waals surface area (Å²) < 4.78 is 26.9. The number of pyridine rings is 1. The Morgan fingerprint density at radius 2 is 1.90 bits per heavy atom. The van der Waals surface area contributed by atoms with Crippen LogP contribution in [0.15, 0.2) is 47.6 Å². The van der Waals surface area contributed by atoms with E-state index in [1.54, 1.807) is 18.2 Å². The summed E-state index contributed by atoms with van der Waals surface area (Å²) in [6.45, 7) is 2.14. The number of anilines is 2. The molecule has 21 heavy (non-hydrogen) atoms. The van der Waals surface area contributed by atoms with Gasteiger partial charge in [0.25, 0.3) is 10.0 Å². The molecule has 1 aromatic heterocycles. The molecule has 0 aliphatic heterocycles. The van der Waals surface area contributed by atoms with Crippen molar-refractivity contribution in [3.05, 3.63) is 48.2 Å². The van der Waals surface area contributed by atoms with E-state index in [0.717, 1.165) is 19.3 Å². The second-order valence-electron chi connectivity index (χ2n) is 4.80. The number of nitrogens with zero attached hydrogens (tertiary/aromatic N) is 1. The van der Waals surface area contributed by atoms with Crippen LogP contribution < -0.4 is 10.5 Å². The molecule has 0 radical (unpaired) electrons. The number of hydrogen-bond donors (Lipinski definition) is 2. The number of rotatable bonds is 6. The predicted molar refractivity (Wildman–Crippen MR) is 84.5 cm³/mol. The fourth-order valence-corrected chi connectivity index (χ4v) is 3.07. The summed E-state index contributed by atoms with van der Waals surface area (Å²) >= 11 is 0. The number of nitrogens with two attached hydrogens (primary N) is 1. The number of aromatic nitrogens is 1. The van der Waals surface area contributed by atoms with Crippen LogP contribution in [0, 0.1) is 0 Å². The normalized spacial score (nSPS) is 11.3. The van der Waals surface area contributed by atoms with Crippen molar-refractivity contribution >= 4 is 21.4 Å². The molecule has 0 amide bonds. The van der Waals surface area contributed by atoms with Crippen molar-refractivity contribution in [2.24, 2.45) is 0 Å². The molecule has 6 heteroatoms. The number of nitrogen functional groups attached to an aromatic ring is 1. The Morgan fingerprint density at radius 1 is 1.19 bits per heavy atom. The minimum atomic E-state index is -3.76. The van der Waals surface area contributed by atoms with Gasteiger partial charge in [-0.25, -0.2) is 4.98 Å². The summed E-state index contributed by atoms with van der Waals surface area (Å²) in [5, 5.41) is -0.153. The van der Waals surface area contributed by atoms with Crippen LogP contribution in [-0.2, 0) is 16.4 Å². The maximum Gasteiger partial charge on any atom is 0.281 e. The van der Waals surface area contributed by atoms with Gasteiger partial charge in [0.1, 0.15) is 0 Å². The lowest BCUT2D eigenvalue weighted by molar-refractivity contribution is 0.598. The topological polar surface area (TPSA) is 85.1 Å². The first kappa shape index (κ1) is 15.3. The fourth-order valence-electron chi connectivity index (χ4n) is 1.95. The first-order valence-corrected chi connectivity index (χ1v) is 8.33. The summed E-state index contributed by atoms with van der Waals surface area (Å²) in [6, 6.07) is 10.5. The Kier molecular flexibility index (Phi) is 4.80. The van der Waals surface area contributed by atoms with Gasteiger partial charge in [0.05, 0.1) is 5.69 Å². The van der Waals surface area contributed by atoms with Crippen molar-refractivity contribution < 1.29 is 8.42 Å². The Bertz CT molecular complexity index is 697. The van der Waals surface area contributed by atoms with Crippen molar-refractivity contribution in [2.45, 2.75) is 31.2 Å². The first-order chi connectivity index (χ1) is 10.0. The highest BCUT2D eigenvalue weighted by atomic mass is 32.2. The number of unbranched alkanes of at least 4 members (excludes halogenated alkanes) is 1. The minimum absolute atomic E-state index is 0.129. The average Bonchev–Trinajstić information content (AvgIpc) is 2.46. The third kappa shape index (κ3) is 3.95. The van der Waals surface area contributed by atoms with E-state index in [0.29, 0.717) is 5.69 Å². The van der Waals surface area contributed by atoms with Crippen LogP contribution in [0.2, 0.25) is 0 Å². The molecular formula is C15H19N3O2S. The molecule has 1 heterocycles. The lowest BCUT2D eigenvalue weighted by atomic mass is 10.1. The highest BCUT2D eigenvalue weighted by molar-refractivity contribution is 7.92. The minimum Gasteiger partial charge on any atom is -0.396 e. The summed E-state index contributed by atoms with van der Waals surface area (Å²) in [5.41, 5.74) is 7.48. The molecule has 0 fully saturated rings. The van der Waals surface area contributed by atoms with Gasteiger partial charge in [0.15, 0.2) is 5.03 Å². The molecule has 0 saturated carbocycles. The van der Waals surface area contributed by atoms with Crippen LogP contribution in [0.4, 0.5) is 11.4 Å². The first-order valence-electron chi connectivity index (χ1n) is 6.85. The second kappa shape index (κ2) is 6.58. The molecule has 5 nitrogen and oxygen atoms in total. The van der Waals surface area contributed by atoms with E-state index >= 15 is 0 Å². The van der Waals surface area contributed by atoms with Crippen LogP contribution in [0.5, 0.6) is 0 Å². The van der Waals surface area contributed by atoms with E-state index in [1.807, 2.05) is 12.1 Å². The van der Waals surface area contributed by atoms with Gasteiger partial charge in [-0.05, 0) is 42.7 Å². The van der Waals surface area contributed by atoms with Gasteiger partial charge in [0.2, 0.25) is 0 Å². The van der Waals surface area contributed by atoms with Gasteiger partial charge in [-0.1, -0.05) is 25.5 Å². The van der Waals surface area contributed by atoms with Crippen LogP contribution in [0.25, 0.3) is 0 Å². The summed E-state index contributed by atoms with van der Waals surface area (Å²) in [6.07, 6.45) is 4.65. The number of aryl methyl sites for hydroxylation is 1. The number of sulfonamides is 1. The average molecular weight is 305 g/mol. The van der Waals surface area contributed by atoms with Crippen molar-refractivity contribution in [2.75, 3.05) is 10.5 Å². The lowest BCUT2D eigenvalue weighted by Crippen LogP contribution is -2.16. The Balaban J connectivity index is 2.16. The number of hydrogen-bond acceptors (Lipinski definition) is 4. The maximum absolute atomic E-state index is 12.2. The largest absolute Gasteiger partial charge is 0.396 e. The van der Waals surface area contributed by atoms with Crippen molar-refractivity contribution in [1.82, 2.24) is 4.98 Å².